The number of methoxy groups -OCH3 is 2. The van der Waals surface area contributed by atoms with Crippen molar-refractivity contribution in [3.8, 4) is 11.5 Å². The normalized spacial score (nSPS) is 17.2. The topological polar surface area (TPSA) is 74.1 Å². The maximum absolute atomic E-state index is 11.0. The molecule has 138 valence electrons. The average molecular weight is 358 g/mol. The van der Waals surface area contributed by atoms with Gasteiger partial charge in [-0.05, 0) is 29.7 Å². The Balaban J connectivity index is 1.70. The molecule has 26 heavy (non-hydrogen) atoms. The van der Waals surface area contributed by atoms with E-state index < -0.39 is 0 Å². The molecule has 0 N–H and O–H groups in total. The smallest absolute Gasteiger partial charge is 0.269 e. The molecule has 0 unspecified atom stereocenters. The van der Waals surface area contributed by atoms with Crippen LogP contribution in [0.15, 0.2) is 42.5 Å². The highest BCUT2D eigenvalue weighted by molar-refractivity contribution is 5.43. The van der Waals surface area contributed by atoms with Gasteiger partial charge in [-0.15, -0.1) is 0 Å². The van der Waals surface area contributed by atoms with E-state index in [4.69, 9.17) is 14.2 Å². The molecular formula is C19H22N2O5. The van der Waals surface area contributed by atoms with Crippen LogP contribution in [0.4, 0.5) is 5.69 Å². The molecule has 7 nitrogen and oxygen atoms in total. The third-order valence-corrected chi connectivity index (χ3v) is 4.51. The number of non-ortho nitro benzene ring substituents is 1. The van der Waals surface area contributed by atoms with Crippen molar-refractivity contribution in [2.45, 2.75) is 19.0 Å². The van der Waals surface area contributed by atoms with Crippen LogP contribution in [-0.4, -0.2) is 43.4 Å². The van der Waals surface area contributed by atoms with E-state index in [9.17, 15) is 10.1 Å². The summed E-state index contributed by atoms with van der Waals surface area (Å²) in [5, 5.41) is 11.0. The van der Waals surface area contributed by atoms with Crippen LogP contribution < -0.4 is 9.47 Å². The van der Waals surface area contributed by atoms with Crippen molar-refractivity contribution in [2.75, 3.05) is 27.6 Å². The summed E-state index contributed by atoms with van der Waals surface area (Å²) >= 11 is 0. The van der Waals surface area contributed by atoms with E-state index >= 15 is 0 Å². The van der Waals surface area contributed by atoms with Gasteiger partial charge in [-0.2, -0.15) is 0 Å². The van der Waals surface area contributed by atoms with Gasteiger partial charge in [0, 0.05) is 24.7 Å². The fourth-order valence-corrected chi connectivity index (χ4v) is 3.16. The van der Waals surface area contributed by atoms with Crippen molar-refractivity contribution in [1.82, 2.24) is 4.90 Å². The molecule has 0 spiro atoms. The molecular weight excluding hydrogens is 336 g/mol. The van der Waals surface area contributed by atoms with Gasteiger partial charge in [0.2, 0.25) is 0 Å². The van der Waals surface area contributed by atoms with Crippen molar-refractivity contribution < 1.29 is 19.1 Å². The monoisotopic (exact) mass is 358 g/mol. The number of hydrogen-bond acceptors (Lipinski definition) is 6. The largest absolute Gasteiger partial charge is 0.493 e. The van der Waals surface area contributed by atoms with Crippen molar-refractivity contribution in [2.24, 2.45) is 0 Å². The van der Waals surface area contributed by atoms with Gasteiger partial charge in [-0.25, -0.2) is 0 Å². The van der Waals surface area contributed by atoms with Crippen LogP contribution in [0.5, 0.6) is 11.5 Å². The van der Waals surface area contributed by atoms with Gasteiger partial charge >= 0.3 is 0 Å². The molecule has 2 aromatic carbocycles. The summed E-state index contributed by atoms with van der Waals surface area (Å²) in [4.78, 5) is 12.8. The molecule has 1 atom stereocenters. The Morgan fingerprint density at radius 2 is 1.96 bits per heavy atom. The first kappa shape index (κ1) is 18.2. The average Bonchev–Trinajstić information content (AvgIpc) is 3.08. The lowest BCUT2D eigenvalue weighted by Crippen LogP contribution is -2.32. The predicted molar refractivity (Wildman–Crippen MR) is 96.5 cm³/mol. The second kappa shape index (κ2) is 8.16. The van der Waals surface area contributed by atoms with E-state index in [1.807, 2.05) is 24.3 Å². The fourth-order valence-electron chi connectivity index (χ4n) is 3.16. The molecule has 7 heteroatoms. The zero-order valence-corrected chi connectivity index (χ0v) is 14.9. The molecule has 1 aliphatic heterocycles. The quantitative estimate of drug-likeness (QED) is 0.559. The minimum absolute atomic E-state index is 0.110. The van der Waals surface area contributed by atoms with E-state index in [1.54, 1.807) is 26.4 Å². The summed E-state index contributed by atoms with van der Waals surface area (Å²) in [6.45, 7) is 1.75. The lowest BCUT2D eigenvalue weighted by molar-refractivity contribution is -0.384. The third kappa shape index (κ3) is 4.12. The Morgan fingerprint density at radius 1 is 1.15 bits per heavy atom. The first-order valence-electron chi connectivity index (χ1n) is 8.36. The van der Waals surface area contributed by atoms with Crippen LogP contribution in [-0.2, 0) is 17.7 Å². The van der Waals surface area contributed by atoms with Gasteiger partial charge in [-0.1, -0.05) is 18.2 Å². The Kier molecular flexibility index (Phi) is 5.70. The van der Waals surface area contributed by atoms with E-state index in [-0.39, 0.29) is 16.7 Å². The number of rotatable bonds is 7. The minimum Gasteiger partial charge on any atom is -0.493 e. The summed E-state index contributed by atoms with van der Waals surface area (Å²) in [6.07, 6.45) is 0.801. The summed E-state index contributed by atoms with van der Waals surface area (Å²) in [6, 6.07) is 12.8. The Bertz CT molecular complexity index is 780. The summed E-state index contributed by atoms with van der Waals surface area (Å²) < 4.78 is 16.3. The third-order valence-electron chi connectivity index (χ3n) is 4.51. The summed E-state index contributed by atoms with van der Waals surface area (Å²) in [5.41, 5.74) is 2.14. The van der Waals surface area contributed by atoms with E-state index in [2.05, 4.69) is 4.90 Å². The first-order chi connectivity index (χ1) is 12.6. The summed E-state index contributed by atoms with van der Waals surface area (Å²) in [5.74, 6) is 1.40. The van der Waals surface area contributed by atoms with Crippen LogP contribution in [0.3, 0.4) is 0 Å². The van der Waals surface area contributed by atoms with Crippen molar-refractivity contribution in [3.63, 3.8) is 0 Å². The molecule has 0 amide bonds. The molecule has 0 bridgehead atoms. The molecule has 0 aromatic heterocycles. The van der Waals surface area contributed by atoms with Crippen LogP contribution >= 0.6 is 0 Å². The van der Waals surface area contributed by atoms with Gasteiger partial charge in [-0.3, -0.25) is 15.0 Å². The zero-order chi connectivity index (χ0) is 18.5. The fraction of sp³-hybridized carbons (Fsp3) is 0.368. The second-order valence-electron chi connectivity index (χ2n) is 6.22. The number of nitro groups is 1. The lowest BCUT2D eigenvalue weighted by atomic mass is 10.0. The maximum atomic E-state index is 11.0. The number of benzene rings is 2. The molecule has 0 radical (unpaired) electrons. The number of nitro benzene ring substituents is 1. The highest BCUT2D eigenvalue weighted by atomic mass is 16.6. The van der Waals surface area contributed by atoms with Gasteiger partial charge < -0.3 is 14.2 Å². The maximum Gasteiger partial charge on any atom is 0.269 e. The first-order valence-corrected chi connectivity index (χ1v) is 8.36. The van der Waals surface area contributed by atoms with Gasteiger partial charge in [0.05, 0.1) is 32.5 Å². The molecule has 0 aliphatic carbocycles. The summed E-state index contributed by atoms with van der Waals surface area (Å²) in [7, 11) is 3.23. The molecule has 2 aromatic rings. The van der Waals surface area contributed by atoms with Gasteiger partial charge in [0.25, 0.3) is 5.69 Å². The molecule has 1 fully saturated rings. The van der Waals surface area contributed by atoms with Gasteiger partial charge in [0.15, 0.2) is 11.5 Å². The number of nitrogens with zero attached hydrogens (tertiary/aromatic N) is 2. The number of ether oxygens (including phenoxy) is 3. The molecule has 1 aliphatic rings. The molecule has 0 saturated carbocycles. The highest BCUT2D eigenvalue weighted by Crippen LogP contribution is 2.29. The van der Waals surface area contributed by atoms with E-state index in [0.29, 0.717) is 31.4 Å². The minimum atomic E-state index is -0.370. The van der Waals surface area contributed by atoms with E-state index in [0.717, 1.165) is 17.5 Å². The molecule has 1 saturated heterocycles. The number of hydrogen-bond donors (Lipinski definition) is 0. The Morgan fingerprint density at radius 3 is 2.69 bits per heavy atom. The standard InChI is InChI=1S/C19H22N2O5/c1-24-18-7-6-14(10-19(18)25-2)8-17-12-26-13-20(17)11-15-4-3-5-16(9-15)21(22)23/h3-7,9-10,17H,8,11-13H2,1-2H3/t17-/m0/s1. The van der Waals surface area contributed by atoms with Crippen molar-refractivity contribution in [3.05, 3.63) is 63.7 Å². The van der Waals surface area contributed by atoms with Crippen LogP contribution in [0.25, 0.3) is 0 Å². The Hall–Kier alpha value is -2.64. The Labute approximate surface area is 152 Å². The lowest BCUT2D eigenvalue weighted by Gasteiger charge is -2.22. The molecule has 3 rings (SSSR count). The zero-order valence-electron chi connectivity index (χ0n) is 14.9. The highest BCUT2D eigenvalue weighted by Gasteiger charge is 2.26. The van der Waals surface area contributed by atoms with Crippen LogP contribution in [0.2, 0.25) is 0 Å². The van der Waals surface area contributed by atoms with E-state index in [1.165, 1.54) is 6.07 Å². The van der Waals surface area contributed by atoms with Crippen LogP contribution in [0.1, 0.15) is 11.1 Å². The second-order valence-corrected chi connectivity index (χ2v) is 6.22. The molecule has 1 heterocycles. The van der Waals surface area contributed by atoms with Gasteiger partial charge in [0.1, 0.15) is 0 Å². The van der Waals surface area contributed by atoms with Crippen molar-refractivity contribution in [1.29, 1.82) is 0 Å². The van der Waals surface area contributed by atoms with Crippen molar-refractivity contribution >= 4 is 5.69 Å². The SMILES string of the molecule is COc1ccc(C[C@H]2COCN2Cc2cccc([N+](=O)[O-])c2)cc1OC. The van der Waals surface area contributed by atoms with Crippen LogP contribution in [0, 0.1) is 10.1 Å². The predicted octanol–water partition coefficient (Wildman–Crippen LogP) is 3.01.